The molecule has 5 heteroatoms. The number of aryl methyl sites for hydroxylation is 1. The number of aromatic nitrogens is 2. The molecule has 0 radical (unpaired) electrons. The van der Waals surface area contributed by atoms with Crippen LogP contribution in [-0.2, 0) is 13.0 Å². The molecule has 1 fully saturated rings. The fourth-order valence-corrected chi connectivity index (χ4v) is 2.31. The van der Waals surface area contributed by atoms with Crippen LogP contribution in [0.4, 0.5) is 0 Å². The summed E-state index contributed by atoms with van der Waals surface area (Å²) in [5, 5.41) is 12.8. The maximum Gasteiger partial charge on any atom is 0.240 e. The summed E-state index contributed by atoms with van der Waals surface area (Å²) < 4.78 is 5.19. The van der Waals surface area contributed by atoms with E-state index in [0.29, 0.717) is 12.5 Å². The molecule has 0 atom stereocenters. The number of rotatable bonds is 5. The van der Waals surface area contributed by atoms with Crippen LogP contribution in [0.25, 0.3) is 0 Å². The summed E-state index contributed by atoms with van der Waals surface area (Å²) in [7, 11) is 0. The highest BCUT2D eigenvalue weighted by Gasteiger charge is 2.20. The Morgan fingerprint density at radius 1 is 1.41 bits per heavy atom. The first-order valence-corrected chi connectivity index (χ1v) is 6.46. The average molecular weight is 239 g/mol. The summed E-state index contributed by atoms with van der Waals surface area (Å²) in [4.78, 5) is 6.67. The van der Waals surface area contributed by atoms with E-state index in [2.05, 4.69) is 15.0 Å². The predicted molar refractivity (Wildman–Crippen MR) is 63.4 cm³/mol. The Balaban J connectivity index is 1.77. The van der Waals surface area contributed by atoms with Crippen LogP contribution in [0, 0.1) is 5.92 Å². The number of aliphatic hydroxyl groups is 1. The monoisotopic (exact) mass is 239 g/mol. The second kappa shape index (κ2) is 6.12. The van der Waals surface area contributed by atoms with Gasteiger partial charge < -0.3 is 9.63 Å². The van der Waals surface area contributed by atoms with Gasteiger partial charge in [-0.15, -0.1) is 0 Å². The lowest BCUT2D eigenvalue weighted by Crippen LogP contribution is -2.33. The van der Waals surface area contributed by atoms with Crippen LogP contribution >= 0.6 is 0 Å². The van der Waals surface area contributed by atoms with Gasteiger partial charge in [-0.2, -0.15) is 4.98 Å². The van der Waals surface area contributed by atoms with E-state index < -0.39 is 0 Å². The minimum atomic E-state index is 0.314. The van der Waals surface area contributed by atoms with Gasteiger partial charge >= 0.3 is 0 Å². The van der Waals surface area contributed by atoms with E-state index >= 15 is 0 Å². The number of nitrogens with zero attached hydrogens (tertiary/aromatic N) is 3. The summed E-state index contributed by atoms with van der Waals surface area (Å²) in [6.45, 7) is 5.23. The van der Waals surface area contributed by atoms with Crippen molar-refractivity contribution >= 4 is 0 Å². The zero-order valence-electron chi connectivity index (χ0n) is 10.4. The van der Waals surface area contributed by atoms with Gasteiger partial charge in [0, 0.05) is 13.0 Å². The van der Waals surface area contributed by atoms with E-state index in [9.17, 15) is 0 Å². The van der Waals surface area contributed by atoms with Crippen molar-refractivity contribution < 1.29 is 9.63 Å². The van der Waals surface area contributed by atoms with Gasteiger partial charge in [0.2, 0.25) is 5.89 Å². The van der Waals surface area contributed by atoms with E-state index in [1.54, 1.807) is 0 Å². The molecular formula is C12H21N3O2. The minimum Gasteiger partial charge on any atom is -0.396 e. The van der Waals surface area contributed by atoms with Gasteiger partial charge in [0.15, 0.2) is 5.82 Å². The number of aliphatic hydroxyl groups excluding tert-OH is 1. The van der Waals surface area contributed by atoms with Crippen molar-refractivity contribution in [3.8, 4) is 0 Å². The van der Waals surface area contributed by atoms with E-state index in [1.807, 2.05) is 6.92 Å². The third kappa shape index (κ3) is 3.51. The molecule has 0 amide bonds. The summed E-state index contributed by atoms with van der Waals surface area (Å²) in [5.74, 6) is 2.20. The molecule has 2 rings (SSSR count). The summed E-state index contributed by atoms with van der Waals surface area (Å²) in [5.41, 5.74) is 0. The van der Waals surface area contributed by atoms with Crippen LogP contribution in [0.15, 0.2) is 4.52 Å². The van der Waals surface area contributed by atoms with Crippen molar-refractivity contribution in [2.75, 3.05) is 19.7 Å². The first-order chi connectivity index (χ1) is 8.31. The Morgan fingerprint density at radius 3 is 2.76 bits per heavy atom. The fraction of sp³-hybridized carbons (Fsp3) is 0.833. The van der Waals surface area contributed by atoms with Crippen molar-refractivity contribution in [1.29, 1.82) is 0 Å². The number of likely N-dealkylation sites (tertiary alicyclic amines) is 1. The Hall–Kier alpha value is -0.940. The molecule has 1 aliphatic rings. The average Bonchev–Trinajstić information content (AvgIpc) is 2.80. The minimum absolute atomic E-state index is 0.314. The highest BCUT2D eigenvalue weighted by Crippen LogP contribution is 2.21. The zero-order valence-corrected chi connectivity index (χ0v) is 10.4. The van der Waals surface area contributed by atoms with Crippen molar-refractivity contribution in [2.45, 2.75) is 39.2 Å². The van der Waals surface area contributed by atoms with Crippen molar-refractivity contribution in [3.63, 3.8) is 0 Å². The van der Waals surface area contributed by atoms with Crippen LogP contribution in [-0.4, -0.2) is 39.8 Å². The van der Waals surface area contributed by atoms with E-state index in [0.717, 1.165) is 57.0 Å². The van der Waals surface area contributed by atoms with E-state index in [1.165, 1.54) is 0 Å². The van der Waals surface area contributed by atoms with Crippen molar-refractivity contribution in [2.24, 2.45) is 5.92 Å². The van der Waals surface area contributed by atoms with Gasteiger partial charge in [0.1, 0.15) is 0 Å². The molecular weight excluding hydrogens is 218 g/mol. The highest BCUT2D eigenvalue weighted by atomic mass is 16.5. The Labute approximate surface area is 102 Å². The normalized spacial score (nSPS) is 18.7. The summed E-state index contributed by atoms with van der Waals surface area (Å²) in [6, 6.07) is 0. The molecule has 0 spiro atoms. The lowest BCUT2D eigenvalue weighted by Gasteiger charge is -2.30. The molecule has 1 aromatic rings. The van der Waals surface area contributed by atoms with E-state index in [-0.39, 0.29) is 0 Å². The lowest BCUT2D eigenvalue weighted by molar-refractivity contribution is 0.141. The summed E-state index contributed by atoms with van der Waals surface area (Å²) in [6.07, 6.45) is 4.08. The van der Waals surface area contributed by atoms with Crippen LogP contribution < -0.4 is 0 Å². The third-order valence-electron chi connectivity index (χ3n) is 3.43. The van der Waals surface area contributed by atoms with Gasteiger partial charge in [-0.05, 0) is 38.3 Å². The van der Waals surface area contributed by atoms with Crippen molar-refractivity contribution in [1.82, 2.24) is 15.0 Å². The molecule has 5 nitrogen and oxygen atoms in total. The Bertz CT molecular complexity index is 332. The first-order valence-electron chi connectivity index (χ1n) is 6.46. The molecule has 17 heavy (non-hydrogen) atoms. The molecule has 0 aliphatic carbocycles. The lowest BCUT2D eigenvalue weighted by atomic mass is 9.94. The Morgan fingerprint density at radius 2 is 2.18 bits per heavy atom. The third-order valence-corrected chi connectivity index (χ3v) is 3.43. The number of hydrogen-bond donors (Lipinski definition) is 1. The van der Waals surface area contributed by atoms with Crippen LogP contribution in [0.1, 0.15) is 37.9 Å². The van der Waals surface area contributed by atoms with Crippen LogP contribution in [0.3, 0.4) is 0 Å². The second-order valence-corrected chi connectivity index (χ2v) is 4.69. The molecule has 0 aromatic carbocycles. The number of hydrogen-bond acceptors (Lipinski definition) is 5. The molecule has 0 saturated carbocycles. The maximum absolute atomic E-state index is 8.90. The second-order valence-electron chi connectivity index (χ2n) is 4.69. The maximum atomic E-state index is 8.90. The quantitative estimate of drug-likeness (QED) is 0.837. The van der Waals surface area contributed by atoms with Gasteiger partial charge in [-0.3, -0.25) is 4.90 Å². The van der Waals surface area contributed by atoms with Crippen molar-refractivity contribution in [3.05, 3.63) is 11.7 Å². The largest absolute Gasteiger partial charge is 0.396 e. The molecule has 1 N–H and O–H groups in total. The highest BCUT2D eigenvalue weighted by molar-refractivity contribution is 4.86. The Kier molecular flexibility index (Phi) is 4.50. The molecule has 0 unspecified atom stereocenters. The molecule has 0 bridgehead atoms. The molecule has 2 heterocycles. The topological polar surface area (TPSA) is 62.4 Å². The molecule has 1 saturated heterocycles. The van der Waals surface area contributed by atoms with Gasteiger partial charge in [-0.25, -0.2) is 0 Å². The van der Waals surface area contributed by atoms with Crippen LogP contribution in [0.2, 0.25) is 0 Å². The molecule has 1 aromatic heterocycles. The number of piperidine rings is 1. The zero-order chi connectivity index (χ0) is 12.1. The van der Waals surface area contributed by atoms with Gasteiger partial charge in [0.25, 0.3) is 0 Å². The van der Waals surface area contributed by atoms with E-state index in [4.69, 9.17) is 9.63 Å². The first kappa shape index (κ1) is 12.5. The SMILES string of the molecule is CCc1noc(CN2CCC(CCO)CC2)n1. The smallest absolute Gasteiger partial charge is 0.240 e. The summed E-state index contributed by atoms with van der Waals surface area (Å²) >= 11 is 0. The fourth-order valence-electron chi connectivity index (χ4n) is 2.31. The molecule has 96 valence electrons. The predicted octanol–water partition coefficient (Wildman–Crippen LogP) is 1.23. The van der Waals surface area contributed by atoms with Gasteiger partial charge in [-0.1, -0.05) is 12.1 Å². The van der Waals surface area contributed by atoms with Crippen LogP contribution in [0.5, 0.6) is 0 Å². The molecule has 1 aliphatic heterocycles. The van der Waals surface area contributed by atoms with Gasteiger partial charge in [0.05, 0.1) is 6.54 Å². The standard InChI is InChI=1S/C12H21N3O2/c1-2-11-13-12(17-14-11)9-15-6-3-10(4-7-15)5-8-16/h10,16H,2-9H2,1H3.